The van der Waals surface area contributed by atoms with Crippen LogP contribution in [0.15, 0.2) is 12.1 Å². The summed E-state index contributed by atoms with van der Waals surface area (Å²) in [5.74, 6) is -2.97. The average molecular weight is 278 g/mol. The van der Waals surface area contributed by atoms with E-state index in [1.807, 2.05) is 0 Å². The van der Waals surface area contributed by atoms with Gasteiger partial charge in [0.15, 0.2) is 0 Å². The van der Waals surface area contributed by atoms with Gasteiger partial charge in [0.25, 0.3) is 0 Å². The fraction of sp³-hybridized carbons (Fsp3) is 0.286. The van der Waals surface area contributed by atoms with Crippen LogP contribution in [0.1, 0.15) is 25.0 Å². The second-order valence-corrected chi connectivity index (χ2v) is 4.20. The monoisotopic (exact) mass is 278 g/mol. The molecule has 1 rings (SSSR count). The van der Waals surface area contributed by atoms with Gasteiger partial charge in [-0.2, -0.15) is 0 Å². The normalized spacial score (nSPS) is 9.80. The molecule has 20 heavy (non-hydrogen) atoms. The average Bonchev–Trinajstić information content (AvgIpc) is 2.37. The van der Waals surface area contributed by atoms with E-state index in [2.05, 4.69) is 0 Å². The molecule has 0 heterocycles. The molecular formula is C14H14O6. The van der Waals surface area contributed by atoms with Crippen molar-refractivity contribution in [2.45, 2.75) is 27.7 Å². The maximum absolute atomic E-state index is 11.2. The van der Waals surface area contributed by atoms with Crippen LogP contribution in [0.4, 0.5) is 0 Å². The number of benzene rings is 1. The summed E-state index contributed by atoms with van der Waals surface area (Å²) < 4.78 is 9.80. The first-order valence-corrected chi connectivity index (χ1v) is 5.79. The number of carbonyl (C=O) groups is 4. The molecule has 0 unspecified atom stereocenters. The first kappa shape index (κ1) is 15.6. The number of ether oxygens (including phenoxy) is 2. The third-order valence-electron chi connectivity index (χ3n) is 2.67. The Morgan fingerprint density at radius 1 is 0.750 bits per heavy atom. The molecule has 1 aromatic carbocycles. The maximum Gasteiger partial charge on any atom is 0.379 e. The fourth-order valence-corrected chi connectivity index (χ4v) is 1.34. The molecule has 0 fully saturated rings. The van der Waals surface area contributed by atoms with E-state index in [1.54, 1.807) is 13.8 Å². The number of Topliss-reactive ketones (excluding diaryl/α,β-unsaturated/α-hetero) is 2. The van der Waals surface area contributed by atoms with Gasteiger partial charge < -0.3 is 9.47 Å². The van der Waals surface area contributed by atoms with Gasteiger partial charge in [-0.15, -0.1) is 0 Å². The molecule has 6 nitrogen and oxygen atoms in total. The molecule has 0 N–H and O–H groups in total. The molecule has 0 aliphatic carbocycles. The molecule has 0 aliphatic heterocycles. The number of esters is 2. The predicted molar refractivity (Wildman–Crippen MR) is 68.5 cm³/mol. The first-order chi connectivity index (χ1) is 9.23. The Balaban J connectivity index is 3.03. The van der Waals surface area contributed by atoms with Crippen molar-refractivity contribution >= 4 is 23.5 Å². The second kappa shape index (κ2) is 6.10. The minimum atomic E-state index is -0.971. The van der Waals surface area contributed by atoms with Crippen molar-refractivity contribution in [3.8, 4) is 11.5 Å². The third kappa shape index (κ3) is 3.50. The van der Waals surface area contributed by atoms with Crippen molar-refractivity contribution in [3.63, 3.8) is 0 Å². The van der Waals surface area contributed by atoms with Crippen LogP contribution in [0.2, 0.25) is 0 Å². The zero-order chi connectivity index (χ0) is 15.4. The summed E-state index contributed by atoms with van der Waals surface area (Å²) in [5, 5.41) is 0. The fourth-order valence-electron chi connectivity index (χ4n) is 1.34. The standard InChI is InChI=1S/C14H14O6/c1-7-8(2)12(20-14(18)10(4)16)6-5-11(7)19-13(17)9(3)15/h5-6H,1-4H3. The van der Waals surface area contributed by atoms with Crippen molar-refractivity contribution in [2.24, 2.45) is 0 Å². The van der Waals surface area contributed by atoms with Crippen molar-refractivity contribution in [3.05, 3.63) is 23.3 Å². The van der Waals surface area contributed by atoms with E-state index in [0.29, 0.717) is 11.1 Å². The molecule has 1 aromatic rings. The summed E-state index contributed by atoms with van der Waals surface area (Å²) >= 11 is 0. The lowest BCUT2D eigenvalue weighted by atomic mass is 10.1. The predicted octanol–water partition coefficient (Wildman–Crippen LogP) is 1.29. The highest BCUT2D eigenvalue weighted by Gasteiger charge is 2.17. The summed E-state index contributed by atoms with van der Waals surface area (Å²) in [6.45, 7) is 5.49. The maximum atomic E-state index is 11.2. The molecule has 0 aliphatic rings. The van der Waals surface area contributed by atoms with Crippen LogP contribution in [-0.4, -0.2) is 23.5 Å². The van der Waals surface area contributed by atoms with E-state index in [4.69, 9.17) is 9.47 Å². The van der Waals surface area contributed by atoms with Gasteiger partial charge in [0.05, 0.1) is 0 Å². The van der Waals surface area contributed by atoms with E-state index in [-0.39, 0.29) is 11.5 Å². The van der Waals surface area contributed by atoms with Gasteiger partial charge in [-0.1, -0.05) is 0 Å². The summed E-state index contributed by atoms with van der Waals surface area (Å²) in [6, 6.07) is 2.79. The molecular weight excluding hydrogens is 264 g/mol. The summed E-state index contributed by atoms with van der Waals surface area (Å²) in [6.07, 6.45) is 0. The molecule has 0 spiro atoms. The molecule has 106 valence electrons. The Morgan fingerprint density at radius 3 is 1.30 bits per heavy atom. The van der Waals surface area contributed by atoms with Gasteiger partial charge in [0.2, 0.25) is 11.6 Å². The SMILES string of the molecule is CC(=O)C(=O)Oc1ccc(OC(=O)C(C)=O)c(C)c1C. The Bertz CT molecular complexity index is 547. The summed E-state index contributed by atoms with van der Waals surface area (Å²) in [5.41, 5.74) is 1.07. The quantitative estimate of drug-likeness (QED) is 0.468. The largest absolute Gasteiger partial charge is 0.421 e. The Hall–Kier alpha value is -2.50. The van der Waals surface area contributed by atoms with E-state index in [9.17, 15) is 19.2 Å². The number of hydrogen-bond donors (Lipinski definition) is 0. The molecule has 0 radical (unpaired) electrons. The second-order valence-electron chi connectivity index (χ2n) is 4.20. The van der Waals surface area contributed by atoms with Crippen LogP contribution in [0.25, 0.3) is 0 Å². The zero-order valence-electron chi connectivity index (χ0n) is 11.6. The lowest BCUT2D eigenvalue weighted by Crippen LogP contribution is -2.19. The smallest absolute Gasteiger partial charge is 0.379 e. The van der Waals surface area contributed by atoms with Crippen LogP contribution < -0.4 is 9.47 Å². The van der Waals surface area contributed by atoms with Gasteiger partial charge in [0.1, 0.15) is 11.5 Å². The van der Waals surface area contributed by atoms with Crippen molar-refractivity contribution in [2.75, 3.05) is 0 Å². The van der Waals surface area contributed by atoms with Gasteiger partial charge in [0, 0.05) is 13.8 Å². The van der Waals surface area contributed by atoms with Crippen LogP contribution in [-0.2, 0) is 19.2 Å². The summed E-state index contributed by atoms with van der Waals surface area (Å²) in [4.78, 5) is 44.2. The van der Waals surface area contributed by atoms with Crippen LogP contribution in [0.3, 0.4) is 0 Å². The Labute approximate surface area is 115 Å². The highest BCUT2D eigenvalue weighted by atomic mass is 16.5. The van der Waals surface area contributed by atoms with Gasteiger partial charge in [-0.3, -0.25) is 9.59 Å². The van der Waals surface area contributed by atoms with Crippen LogP contribution >= 0.6 is 0 Å². The number of ketones is 2. The highest BCUT2D eigenvalue weighted by Crippen LogP contribution is 2.29. The number of carbonyl (C=O) groups excluding carboxylic acids is 4. The minimum Gasteiger partial charge on any atom is -0.421 e. The van der Waals surface area contributed by atoms with Gasteiger partial charge >= 0.3 is 11.9 Å². The molecule has 6 heteroatoms. The van der Waals surface area contributed by atoms with E-state index < -0.39 is 23.5 Å². The van der Waals surface area contributed by atoms with Gasteiger partial charge in [-0.05, 0) is 37.1 Å². The summed E-state index contributed by atoms with van der Waals surface area (Å²) in [7, 11) is 0. The molecule has 0 saturated heterocycles. The van der Waals surface area contributed by atoms with Gasteiger partial charge in [-0.25, -0.2) is 9.59 Å². The highest BCUT2D eigenvalue weighted by molar-refractivity contribution is 6.33. The van der Waals surface area contributed by atoms with Crippen LogP contribution in [0, 0.1) is 13.8 Å². The van der Waals surface area contributed by atoms with Crippen molar-refractivity contribution in [1.82, 2.24) is 0 Å². The lowest BCUT2D eigenvalue weighted by Gasteiger charge is -2.12. The van der Waals surface area contributed by atoms with E-state index >= 15 is 0 Å². The Kier molecular flexibility index (Phi) is 4.74. The van der Waals surface area contributed by atoms with Crippen LogP contribution in [0.5, 0.6) is 11.5 Å². The van der Waals surface area contributed by atoms with Crippen molar-refractivity contribution < 1.29 is 28.7 Å². The minimum absolute atomic E-state index is 0.199. The first-order valence-electron chi connectivity index (χ1n) is 5.79. The molecule has 0 bridgehead atoms. The van der Waals surface area contributed by atoms with Crippen molar-refractivity contribution in [1.29, 1.82) is 0 Å². The van der Waals surface area contributed by atoms with E-state index in [0.717, 1.165) is 13.8 Å². The molecule has 0 aromatic heterocycles. The Morgan fingerprint density at radius 2 is 1.05 bits per heavy atom. The molecule has 0 amide bonds. The third-order valence-corrected chi connectivity index (χ3v) is 2.67. The topological polar surface area (TPSA) is 86.7 Å². The molecule has 0 atom stereocenters. The molecule has 0 saturated carbocycles. The zero-order valence-corrected chi connectivity index (χ0v) is 11.6. The lowest BCUT2D eigenvalue weighted by molar-refractivity contribution is -0.146. The van der Waals surface area contributed by atoms with E-state index in [1.165, 1.54) is 12.1 Å². The number of hydrogen-bond acceptors (Lipinski definition) is 6. The number of rotatable bonds is 4.